The Labute approximate surface area is 110 Å². The van der Waals surface area contributed by atoms with E-state index >= 15 is 0 Å². The summed E-state index contributed by atoms with van der Waals surface area (Å²) in [5, 5.41) is 0. The van der Waals surface area contributed by atoms with Crippen molar-refractivity contribution in [2.24, 2.45) is 5.73 Å². The van der Waals surface area contributed by atoms with E-state index in [9.17, 15) is 9.18 Å². The molecule has 1 aromatic carbocycles. The highest BCUT2D eigenvalue weighted by Gasteiger charge is 2.08. The lowest BCUT2D eigenvalue weighted by molar-refractivity contribution is -0.697. The normalized spacial score (nSPS) is 10.2. The van der Waals surface area contributed by atoms with E-state index in [2.05, 4.69) is 0 Å². The number of carbonyl (C=O) groups is 1. The molecule has 4 nitrogen and oxygen atoms in total. The SMILES string of the molecule is NC(=O)c1ccc[n+](CCOc2ccccc2F)c1. The number of hydrogen-bond donors (Lipinski definition) is 1. The largest absolute Gasteiger partial charge is 0.484 e. The number of rotatable bonds is 5. The predicted octanol–water partition coefficient (Wildman–Crippen LogP) is 1.29. The lowest BCUT2D eigenvalue weighted by atomic mass is 10.3. The summed E-state index contributed by atoms with van der Waals surface area (Å²) in [6, 6.07) is 9.59. The summed E-state index contributed by atoms with van der Waals surface area (Å²) in [6.45, 7) is 0.795. The number of aromatic nitrogens is 1. The molecule has 0 atom stereocenters. The standard InChI is InChI=1S/C14H13FN2O2/c15-12-5-1-2-6-13(12)19-9-8-17-7-3-4-11(10-17)14(16)18/h1-7,10H,8-9H2,(H-,16,18)/p+1. The zero-order valence-corrected chi connectivity index (χ0v) is 10.3. The average Bonchev–Trinajstić information content (AvgIpc) is 2.41. The number of pyridine rings is 1. The topological polar surface area (TPSA) is 56.2 Å². The van der Waals surface area contributed by atoms with Crippen LogP contribution >= 0.6 is 0 Å². The Morgan fingerprint density at radius 2 is 2.05 bits per heavy atom. The summed E-state index contributed by atoms with van der Waals surface area (Å²) in [4.78, 5) is 11.0. The molecule has 0 unspecified atom stereocenters. The van der Waals surface area contributed by atoms with Crippen LogP contribution in [0, 0.1) is 5.82 Å². The Balaban J connectivity index is 1.94. The molecule has 0 bridgehead atoms. The van der Waals surface area contributed by atoms with Gasteiger partial charge in [-0.1, -0.05) is 12.1 Å². The number of nitrogens with two attached hydrogens (primary N) is 1. The second-order valence-corrected chi connectivity index (χ2v) is 3.97. The van der Waals surface area contributed by atoms with Gasteiger partial charge in [-0.3, -0.25) is 4.79 Å². The van der Waals surface area contributed by atoms with Crippen LogP contribution in [0.15, 0.2) is 48.8 Å². The molecule has 0 spiro atoms. The van der Waals surface area contributed by atoms with Gasteiger partial charge in [0.2, 0.25) is 0 Å². The summed E-state index contributed by atoms with van der Waals surface area (Å²) in [7, 11) is 0. The van der Waals surface area contributed by atoms with Crippen molar-refractivity contribution in [2.75, 3.05) is 6.61 Å². The smallest absolute Gasteiger partial charge is 0.254 e. The number of para-hydroxylation sites is 1. The van der Waals surface area contributed by atoms with Gasteiger partial charge in [-0.05, 0) is 18.2 Å². The predicted molar refractivity (Wildman–Crippen MR) is 67.0 cm³/mol. The second kappa shape index (κ2) is 5.95. The first kappa shape index (κ1) is 13.0. The molecule has 0 aliphatic rings. The highest BCUT2D eigenvalue weighted by molar-refractivity contribution is 5.92. The molecule has 0 aliphatic heterocycles. The number of benzene rings is 1. The molecule has 5 heteroatoms. The Morgan fingerprint density at radius 3 is 2.79 bits per heavy atom. The molecule has 98 valence electrons. The number of carbonyl (C=O) groups excluding carboxylic acids is 1. The molecule has 0 saturated heterocycles. The van der Waals surface area contributed by atoms with Gasteiger partial charge in [0.1, 0.15) is 12.2 Å². The molecular formula is C14H14FN2O2+. The summed E-state index contributed by atoms with van der Waals surface area (Å²) in [5.41, 5.74) is 5.61. The highest BCUT2D eigenvalue weighted by atomic mass is 19.1. The van der Waals surface area contributed by atoms with Gasteiger partial charge in [-0.15, -0.1) is 0 Å². The summed E-state index contributed by atoms with van der Waals surface area (Å²) in [5.74, 6) is -0.656. The number of ether oxygens (including phenoxy) is 1. The molecule has 19 heavy (non-hydrogen) atoms. The zero-order valence-electron chi connectivity index (χ0n) is 10.3. The van der Waals surface area contributed by atoms with Gasteiger partial charge < -0.3 is 10.5 Å². The monoisotopic (exact) mass is 261 g/mol. The van der Waals surface area contributed by atoms with E-state index in [4.69, 9.17) is 10.5 Å². The molecule has 2 aromatic rings. The van der Waals surface area contributed by atoms with E-state index < -0.39 is 11.7 Å². The fourth-order valence-corrected chi connectivity index (χ4v) is 1.63. The molecule has 1 aromatic heterocycles. The zero-order chi connectivity index (χ0) is 13.7. The van der Waals surface area contributed by atoms with Crippen molar-refractivity contribution in [1.82, 2.24) is 0 Å². The molecular weight excluding hydrogens is 247 g/mol. The lowest BCUT2D eigenvalue weighted by Crippen LogP contribution is -2.37. The van der Waals surface area contributed by atoms with Crippen LogP contribution in [-0.2, 0) is 6.54 Å². The maximum absolute atomic E-state index is 13.3. The third-order valence-corrected chi connectivity index (χ3v) is 2.59. The van der Waals surface area contributed by atoms with E-state index in [-0.39, 0.29) is 5.75 Å². The van der Waals surface area contributed by atoms with Crippen molar-refractivity contribution in [2.45, 2.75) is 6.54 Å². The molecule has 0 radical (unpaired) electrons. The van der Waals surface area contributed by atoms with E-state index in [1.165, 1.54) is 6.07 Å². The van der Waals surface area contributed by atoms with Crippen LogP contribution in [0.4, 0.5) is 4.39 Å². The van der Waals surface area contributed by atoms with Crippen LogP contribution < -0.4 is 15.0 Å². The Kier molecular flexibility index (Phi) is 4.07. The van der Waals surface area contributed by atoms with E-state index in [1.54, 1.807) is 47.3 Å². The van der Waals surface area contributed by atoms with Crippen molar-refractivity contribution < 1.29 is 18.5 Å². The minimum absolute atomic E-state index is 0.217. The Morgan fingerprint density at radius 1 is 1.26 bits per heavy atom. The van der Waals surface area contributed by atoms with Crippen LogP contribution in [0.25, 0.3) is 0 Å². The lowest BCUT2D eigenvalue weighted by Gasteiger charge is -2.04. The Hall–Kier alpha value is -2.43. The summed E-state index contributed by atoms with van der Waals surface area (Å²) in [6.07, 6.45) is 3.42. The van der Waals surface area contributed by atoms with Gasteiger partial charge >= 0.3 is 0 Å². The maximum atomic E-state index is 13.3. The number of primary amides is 1. The quantitative estimate of drug-likeness (QED) is 0.825. The molecule has 2 rings (SSSR count). The number of nitrogens with zero attached hydrogens (tertiary/aromatic N) is 1. The van der Waals surface area contributed by atoms with Gasteiger partial charge in [0.05, 0.1) is 0 Å². The maximum Gasteiger partial charge on any atom is 0.254 e. The van der Waals surface area contributed by atoms with Gasteiger partial charge in [0, 0.05) is 6.07 Å². The number of amides is 1. The van der Waals surface area contributed by atoms with Crippen LogP contribution in [0.3, 0.4) is 0 Å². The summed E-state index contributed by atoms with van der Waals surface area (Å²) >= 11 is 0. The van der Waals surface area contributed by atoms with Crippen LogP contribution in [0.1, 0.15) is 10.4 Å². The first-order valence-corrected chi connectivity index (χ1v) is 5.83. The van der Waals surface area contributed by atoms with E-state index in [0.717, 1.165) is 0 Å². The molecule has 0 saturated carbocycles. The van der Waals surface area contributed by atoms with Crippen molar-refractivity contribution in [1.29, 1.82) is 0 Å². The first-order chi connectivity index (χ1) is 9.16. The van der Waals surface area contributed by atoms with Crippen molar-refractivity contribution >= 4 is 5.91 Å². The fraction of sp³-hybridized carbons (Fsp3) is 0.143. The molecule has 2 N–H and O–H groups in total. The molecule has 1 amide bonds. The van der Waals surface area contributed by atoms with Crippen LogP contribution in [0.5, 0.6) is 5.75 Å². The minimum atomic E-state index is -0.482. The van der Waals surface area contributed by atoms with Crippen LogP contribution in [-0.4, -0.2) is 12.5 Å². The number of halogens is 1. The Bertz CT molecular complexity index is 587. The number of hydrogen-bond acceptors (Lipinski definition) is 2. The molecule has 1 heterocycles. The second-order valence-electron chi connectivity index (χ2n) is 3.97. The van der Waals surface area contributed by atoms with Gasteiger partial charge in [0.25, 0.3) is 5.91 Å². The average molecular weight is 261 g/mol. The third-order valence-electron chi connectivity index (χ3n) is 2.59. The summed E-state index contributed by atoms with van der Waals surface area (Å²) < 4.78 is 20.4. The fourth-order valence-electron chi connectivity index (χ4n) is 1.63. The van der Waals surface area contributed by atoms with E-state index in [0.29, 0.717) is 18.7 Å². The van der Waals surface area contributed by atoms with Crippen molar-refractivity contribution in [3.05, 3.63) is 60.2 Å². The van der Waals surface area contributed by atoms with Gasteiger partial charge in [-0.2, -0.15) is 0 Å². The van der Waals surface area contributed by atoms with Crippen LogP contribution in [0.2, 0.25) is 0 Å². The minimum Gasteiger partial charge on any atom is -0.484 e. The van der Waals surface area contributed by atoms with Gasteiger partial charge in [0.15, 0.2) is 30.5 Å². The van der Waals surface area contributed by atoms with Gasteiger partial charge in [-0.25, -0.2) is 8.96 Å². The first-order valence-electron chi connectivity index (χ1n) is 5.83. The highest BCUT2D eigenvalue weighted by Crippen LogP contribution is 2.14. The molecule has 0 fully saturated rings. The third kappa shape index (κ3) is 3.51. The van der Waals surface area contributed by atoms with Crippen molar-refractivity contribution in [3.63, 3.8) is 0 Å². The van der Waals surface area contributed by atoms with Crippen molar-refractivity contribution in [3.8, 4) is 5.75 Å². The van der Waals surface area contributed by atoms with E-state index in [1.807, 2.05) is 0 Å². The molecule has 0 aliphatic carbocycles.